The Bertz CT molecular complexity index is 847. The number of benzene rings is 1. The van der Waals surface area contributed by atoms with Crippen LogP contribution in [-0.2, 0) is 10.0 Å². The first kappa shape index (κ1) is 17.6. The third-order valence-corrected chi connectivity index (χ3v) is 5.71. The van der Waals surface area contributed by atoms with E-state index >= 15 is 0 Å². The highest BCUT2D eigenvalue weighted by molar-refractivity contribution is 7.89. The largest absolute Gasteiger partial charge is 0.473 e. The zero-order chi connectivity index (χ0) is 17.9. The Balaban J connectivity index is 1.74. The number of nitrogens with zero attached hydrogens (tertiary/aromatic N) is 3. The molecule has 0 bridgehead atoms. The second-order valence-electron chi connectivity index (χ2n) is 5.58. The zero-order valence-electron chi connectivity index (χ0n) is 13.6. The Morgan fingerprint density at radius 3 is 2.92 bits per heavy atom. The topological polar surface area (TPSA) is 81.6 Å². The average molecular weight is 367 g/mol. The fourth-order valence-electron chi connectivity index (χ4n) is 2.66. The number of ether oxygens (including phenoxy) is 2. The maximum atomic E-state index is 13.4. The van der Waals surface area contributed by atoms with Gasteiger partial charge in [0.1, 0.15) is 11.9 Å². The van der Waals surface area contributed by atoms with E-state index in [-0.39, 0.29) is 23.6 Å². The van der Waals surface area contributed by atoms with Crippen molar-refractivity contribution in [3.63, 3.8) is 0 Å². The van der Waals surface area contributed by atoms with Gasteiger partial charge in [0, 0.05) is 18.8 Å². The molecule has 0 saturated carbocycles. The van der Waals surface area contributed by atoms with Crippen LogP contribution >= 0.6 is 0 Å². The van der Waals surface area contributed by atoms with Crippen molar-refractivity contribution in [3.8, 4) is 11.9 Å². The van der Waals surface area contributed by atoms with E-state index < -0.39 is 15.8 Å². The van der Waals surface area contributed by atoms with Gasteiger partial charge in [0.25, 0.3) is 0 Å². The predicted molar refractivity (Wildman–Crippen MR) is 87.4 cm³/mol. The first-order valence-corrected chi connectivity index (χ1v) is 9.22. The van der Waals surface area contributed by atoms with Gasteiger partial charge in [-0.1, -0.05) is 6.07 Å². The number of rotatable bonds is 5. The summed E-state index contributed by atoms with van der Waals surface area (Å²) in [6.45, 7) is 0.539. The molecule has 0 spiro atoms. The summed E-state index contributed by atoms with van der Waals surface area (Å²) in [5.41, 5.74) is 0. The number of piperidine rings is 1. The first-order chi connectivity index (χ1) is 12.0. The summed E-state index contributed by atoms with van der Waals surface area (Å²) in [6, 6.07) is 6.77. The van der Waals surface area contributed by atoms with Crippen molar-refractivity contribution in [2.75, 3.05) is 20.2 Å². The van der Waals surface area contributed by atoms with Gasteiger partial charge < -0.3 is 9.47 Å². The smallest absolute Gasteiger partial charge is 0.319 e. The van der Waals surface area contributed by atoms with E-state index in [1.54, 1.807) is 6.07 Å². The molecule has 1 aromatic carbocycles. The molecule has 25 heavy (non-hydrogen) atoms. The summed E-state index contributed by atoms with van der Waals surface area (Å²) in [5.74, 6) is -0.263. The molecule has 7 nitrogen and oxygen atoms in total. The van der Waals surface area contributed by atoms with Crippen LogP contribution in [0.3, 0.4) is 0 Å². The van der Waals surface area contributed by atoms with Gasteiger partial charge in [-0.15, -0.1) is 0 Å². The molecular weight excluding hydrogens is 349 g/mol. The van der Waals surface area contributed by atoms with Crippen LogP contribution in [0.4, 0.5) is 4.39 Å². The number of aromatic nitrogens is 2. The minimum Gasteiger partial charge on any atom is -0.473 e. The van der Waals surface area contributed by atoms with Gasteiger partial charge in [-0.2, -0.15) is 9.29 Å². The van der Waals surface area contributed by atoms with Crippen molar-refractivity contribution in [2.24, 2.45) is 0 Å². The van der Waals surface area contributed by atoms with Gasteiger partial charge >= 0.3 is 6.01 Å². The summed E-state index contributed by atoms with van der Waals surface area (Å²) in [6.07, 6.45) is 2.49. The normalized spacial score (nSPS) is 18.7. The molecule has 1 aliphatic heterocycles. The van der Waals surface area contributed by atoms with Crippen molar-refractivity contribution < 1.29 is 22.3 Å². The molecule has 0 radical (unpaired) electrons. The lowest BCUT2D eigenvalue weighted by Gasteiger charge is -2.31. The van der Waals surface area contributed by atoms with Crippen molar-refractivity contribution in [2.45, 2.75) is 23.8 Å². The third kappa shape index (κ3) is 4.05. The van der Waals surface area contributed by atoms with Crippen LogP contribution in [0.5, 0.6) is 11.9 Å². The Morgan fingerprint density at radius 2 is 2.16 bits per heavy atom. The van der Waals surface area contributed by atoms with Crippen molar-refractivity contribution in [1.29, 1.82) is 0 Å². The van der Waals surface area contributed by atoms with Gasteiger partial charge in [0.2, 0.25) is 15.9 Å². The van der Waals surface area contributed by atoms with Gasteiger partial charge in [0.15, 0.2) is 0 Å². The van der Waals surface area contributed by atoms with Crippen LogP contribution < -0.4 is 9.47 Å². The molecule has 1 unspecified atom stereocenters. The molecular formula is C16H18FN3O4S. The Kier molecular flexibility index (Phi) is 5.14. The highest BCUT2D eigenvalue weighted by Gasteiger charge is 2.31. The van der Waals surface area contributed by atoms with Crippen LogP contribution in [0.15, 0.2) is 41.4 Å². The molecule has 1 saturated heterocycles. The maximum absolute atomic E-state index is 13.4. The highest BCUT2D eigenvalue weighted by Crippen LogP contribution is 2.23. The second-order valence-corrected chi connectivity index (χ2v) is 7.52. The number of halogens is 1. The molecule has 1 aliphatic rings. The third-order valence-electron chi connectivity index (χ3n) is 3.85. The molecule has 2 aromatic rings. The molecule has 9 heteroatoms. The van der Waals surface area contributed by atoms with Crippen LogP contribution in [0.2, 0.25) is 0 Å². The predicted octanol–water partition coefficient (Wildman–Crippen LogP) is 1.86. The SMILES string of the molecule is COc1nccc(OC2CCCN(S(=O)(=O)c3cccc(F)c3)C2)n1. The summed E-state index contributed by atoms with van der Waals surface area (Å²) >= 11 is 0. The van der Waals surface area contributed by atoms with Gasteiger partial charge in [-0.25, -0.2) is 17.8 Å². The number of hydrogen-bond donors (Lipinski definition) is 0. The van der Waals surface area contributed by atoms with Crippen LogP contribution in [0.1, 0.15) is 12.8 Å². The second kappa shape index (κ2) is 7.32. The van der Waals surface area contributed by atoms with Crippen molar-refractivity contribution in [1.82, 2.24) is 14.3 Å². The lowest BCUT2D eigenvalue weighted by Crippen LogP contribution is -2.44. The monoisotopic (exact) mass is 367 g/mol. The van der Waals surface area contributed by atoms with E-state index in [1.165, 1.54) is 35.8 Å². The van der Waals surface area contributed by atoms with E-state index in [0.717, 1.165) is 6.07 Å². The number of hydrogen-bond acceptors (Lipinski definition) is 6. The highest BCUT2D eigenvalue weighted by atomic mass is 32.2. The fraction of sp³-hybridized carbons (Fsp3) is 0.375. The number of methoxy groups -OCH3 is 1. The number of sulfonamides is 1. The molecule has 1 aromatic heterocycles. The molecule has 1 atom stereocenters. The van der Waals surface area contributed by atoms with E-state index in [1.807, 2.05) is 0 Å². The van der Waals surface area contributed by atoms with Gasteiger partial charge in [0.05, 0.1) is 18.6 Å². The quantitative estimate of drug-likeness (QED) is 0.802. The average Bonchev–Trinajstić information content (AvgIpc) is 2.62. The zero-order valence-corrected chi connectivity index (χ0v) is 14.4. The van der Waals surface area contributed by atoms with E-state index in [2.05, 4.69) is 9.97 Å². The minimum atomic E-state index is -3.77. The van der Waals surface area contributed by atoms with E-state index in [4.69, 9.17) is 9.47 Å². The lowest BCUT2D eigenvalue weighted by molar-refractivity contribution is 0.123. The summed E-state index contributed by atoms with van der Waals surface area (Å²) in [7, 11) is -2.32. The van der Waals surface area contributed by atoms with Crippen molar-refractivity contribution >= 4 is 10.0 Å². The fourth-order valence-corrected chi connectivity index (χ4v) is 4.20. The lowest BCUT2D eigenvalue weighted by atomic mass is 10.1. The van der Waals surface area contributed by atoms with Crippen LogP contribution in [-0.4, -0.2) is 49.0 Å². The summed E-state index contributed by atoms with van der Waals surface area (Å²) in [5, 5.41) is 0. The first-order valence-electron chi connectivity index (χ1n) is 7.78. The molecule has 134 valence electrons. The Labute approximate surface area is 145 Å². The molecule has 0 aliphatic carbocycles. The Morgan fingerprint density at radius 1 is 1.32 bits per heavy atom. The summed E-state index contributed by atoms with van der Waals surface area (Å²) < 4.78 is 50.8. The van der Waals surface area contributed by atoms with E-state index in [9.17, 15) is 12.8 Å². The standard InChI is InChI=1S/C16H18FN3O4S/c1-23-16-18-8-7-15(19-16)24-13-5-3-9-20(11-13)25(21,22)14-6-2-4-12(17)10-14/h2,4,6-8,10,13H,3,5,9,11H2,1H3. The molecule has 1 fully saturated rings. The van der Waals surface area contributed by atoms with Crippen LogP contribution in [0.25, 0.3) is 0 Å². The Hall–Kier alpha value is -2.26. The van der Waals surface area contributed by atoms with E-state index in [0.29, 0.717) is 25.3 Å². The molecule has 0 N–H and O–H groups in total. The van der Waals surface area contributed by atoms with Gasteiger partial charge in [-0.05, 0) is 31.0 Å². The van der Waals surface area contributed by atoms with Crippen molar-refractivity contribution in [3.05, 3.63) is 42.3 Å². The van der Waals surface area contributed by atoms with Gasteiger partial charge in [-0.3, -0.25) is 0 Å². The minimum absolute atomic E-state index is 0.0585. The molecule has 0 amide bonds. The van der Waals surface area contributed by atoms with Crippen LogP contribution in [0, 0.1) is 5.82 Å². The summed E-state index contributed by atoms with van der Waals surface area (Å²) in [4.78, 5) is 7.91. The molecule has 2 heterocycles. The molecule has 3 rings (SSSR count). The maximum Gasteiger partial charge on any atom is 0.319 e.